The number of benzene rings is 7. The van der Waals surface area contributed by atoms with Gasteiger partial charge in [0.15, 0.2) is 5.82 Å². The molecule has 7 aromatic carbocycles. The second kappa shape index (κ2) is 12.2. The van der Waals surface area contributed by atoms with Gasteiger partial charge in [0.25, 0.3) is 0 Å². The first kappa shape index (κ1) is 32.0. The minimum absolute atomic E-state index is 0.707. The molecule has 0 unspecified atom stereocenters. The maximum Gasteiger partial charge on any atom is 0.162 e. The molecule has 0 saturated heterocycles. The van der Waals surface area contributed by atoms with Gasteiger partial charge in [0.1, 0.15) is 11.6 Å². The molecule has 0 fully saturated rings. The largest absolute Gasteiger partial charge is 0.292 e. The summed E-state index contributed by atoms with van der Waals surface area (Å²) in [6.07, 6.45) is 1.90. The fourth-order valence-electron chi connectivity index (χ4n) is 9.10. The molecule has 5 nitrogen and oxygen atoms in total. The van der Waals surface area contributed by atoms with Crippen molar-refractivity contribution in [2.75, 3.05) is 0 Å². The zero-order valence-corrected chi connectivity index (χ0v) is 32.4. The molecule has 6 aromatic heterocycles. The lowest BCUT2D eigenvalue weighted by atomic mass is 10.1. The normalized spacial score (nSPS) is 12.1. The van der Waals surface area contributed by atoms with Crippen molar-refractivity contribution in [2.45, 2.75) is 0 Å². The van der Waals surface area contributed by atoms with E-state index in [9.17, 15) is 0 Å². The number of para-hydroxylation sites is 2. The Balaban J connectivity index is 1.07. The smallest absolute Gasteiger partial charge is 0.162 e. The molecule has 0 aliphatic rings. The van der Waals surface area contributed by atoms with Gasteiger partial charge >= 0.3 is 0 Å². The third-order valence-electron chi connectivity index (χ3n) is 11.6. The van der Waals surface area contributed by atoms with Crippen LogP contribution < -0.4 is 0 Å². The molecule has 0 N–H and O–H groups in total. The standard InChI is InChI=1S/C51H29N5S2/c1-5-18-41-31(11-1)36-25-26-37-32-12-2-6-19-42(32)56(47-27-28-52-51(54-47)39-16-9-15-38-34-14-4-8-21-44(34)58-50(38)39)49(37)48(36)55(41)46-22-10-17-40(53-46)30-23-24-35-33-13-3-7-20-43(33)57-45(35)29-30/h1-29H. The fraction of sp³-hybridized carbons (Fsp3) is 0. The molecule has 13 rings (SSSR count). The van der Waals surface area contributed by atoms with Gasteiger partial charge in [0, 0.05) is 79.2 Å². The zero-order valence-electron chi connectivity index (χ0n) is 30.8. The first-order valence-corrected chi connectivity index (χ1v) is 21.0. The Bertz CT molecular complexity index is 3830. The molecule has 7 heteroatoms. The van der Waals surface area contributed by atoms with Crippen LogP contribution in [-0.4, -0.2) is 24.1 Å². The van der Waals surface area contributed by atoms with Crippen molar-refractivity contribution in [1.82, 2.24) is 24.1 Å². The minimum Gasteiger partial charge on any atom is -0.292 e. The fourth-order valence-corrected chi connectivity index (χ4v) is 11.5. The molecule has 0 aliphatic carbocycles. The Hall–Kier alpha value is -7.19. The van der Waals surface area contributed by atoms with E-state index in [1.165, 1.54) is 51.1 Å². The van der Waals surface area contributed by atoms with Crippen LogP contribution in [0.1, 0.15) is 0 Å². The topological polar surface area (TPSA) is 48.5 Å². The summed E-state index contributed by atoms with van der Waals surface area (Å²) in [4.78, 5) is 15.7. The highest BCUT2D eigenvalue weighted by molar-refractivity contribution is 7.26. The minimum atomic E-state index is 0.707. The average molecular weight is 776 g/mol. The number of aromatic nitrogens is 5. The second-order valence-corrected chi connectivity index (χ2v) is 16.9. The average Bonchev–Trinajstić information content (AvgIpc) is 4.04. The second-order valence-electron chi connectivity index (χ2n) is 14.8. The van der Waals surface area contributed by atoms with E-state index in [2.05, 4.69) is 173 Å². The van der Waals surface area contributed by atoms with Gasteiger partial charge in [-0.05, 0) is 54.6 Å². The number of pyridine rings is 1. The SMILES string of the molecule is c1cc(-c2ccc3c(c2)sc2ccccc23)nc(-n2c3ccccc3c3ccc4c5ccccc5n(-c5ccnc(-c6cccc7c6sc6ccccc67)n5)c4c32)c1. The highest BCUT2D eigenvalue weighted by Crippen LogP contribution is 2.43. The Morgan fingerprint density at radius 2 is 0.966 bits per heavy atom. The van der Waals surface area contributed by atoms with Crippen LogP contribution in [0.25, 0.3) is 118 Å². The van der Waals surface area contributed by atoms with E-state index in [-0.39, 0.29) is 0 Å². The molecule has 270 valence electrons. The third kappa shape index (κ3) is 4.54. The Kier molecular flexibility index (Phi) is 6.70. The number of hydrogen-bond donors (Lipinski definition) is 0. The molecule has 0 saturated carbocycles. The molecule has 0 radical (unpaired) electrons. The van der Waals surface area contributed by atoms with Gasteiger partial charge in [-0.3, -0.25) is 9.13 Å². The highest BCUT2D eigenvalue weighted by atomic mass is 32.1. The van der Waals surface area contributed by atoms with Gasteiger partial charge in [-0.2, -0.15) is 0 Å². The number of fused-ring (bicyclic) bond motifs is 13. The maximum atomic E-state index is 5.44. The van der Waals surface area contributed by atoms with Gasteiger partial charge in [-0.25, -0.2) is 15.0 Å². The lowest BCUT2D eigenvalue weighted by molar-refractivity contribution is 1.04. The summed E-state index contributed by atoms with van der Waals surface area (Å²) >= 11 is 3.63. The summed E-state index contributed by atoms with van der Waals surface area (Å²) in [5.74, 6) is 2.39. The predicted molar refractivity (Wildman–Crippen MR) is 245 cm³/mol. The van der Waals surface area contributed by atoms with Crippen LogP contribution in [0, 0.1) is 0 Å². The van der Waals surface area contributed by atoms with Gasteiger partial charge in [0.05, 0.1) is 27.8 Å². The van der Waals surface area contributed by atoms with E-state index < -0.39 is 0 Å². The summed E-state index contributed by atoms with van der Waals surface area (Å²) in [6, 6.07) is 60.8. The first-order valence-electron chi connectivity index (χ1n) is 19.4. The molecule has 0 spiro atoms. The summed E-state index contributed by atoms with van der Waals surface area (Å²) in [7, 11) is 0. The van der Waals surface area contributed by atoms with Crippen molar-refractivity contribution in [2.24, 2.45) is 0 Å². The summed E-state index contributed by atoms with van der Waals surface area (Å²) in [6.45, 7) is 0. The van der Waals surface area contributed by atoms with E-state index in [1.807, 2.05) is 23.6 Å². The Morgan fingerprint density at radius 1 is 0.397 bits per heavy atom. The number of nitrogens with zero attached hydrogens (tertiary/aromatic N) is 5. The van der Waals surface area contributed by atoms with Gasteiger partial charge in [0.2, 0.25) is 0 Å². The Labute approximate surface area is 339 Å². The quantitative estimate of drug-likeness (QED) is 0.179. The molecule has 58 heavy (non-hydrogen) atoms. The summed E-state index contributed by atoms with van der Waals surface area (Å²) in [5.41, 5.74) is 7.44. The van der Waals surface area contributed by atoms with E-state index in [0.717, 1.165) is 61.3 Å². The number of rotatable bonds is 4. The molecule has 0 aliphatic heterocycles. The zero-order chi connectivity index (χ0) is 37.9. The van der Waals surface area contributed by atoms with Gasteiger partial charge in [-0.15, -0.1) is 22.7 Å². The van der Waals surface area contributed by atoms with Crippen molar-refractivity contribution in [3.8, 4) is 34.3 Å². The predicted octanol–water partition coefficient (Wildman–Crippen LogP) is 14.1. The maximum absolute atomic E-state index is 5.44. The Morgan fingerprint density at radius 3 is 1.71 bits per heavy atom. The third-order valence-corrected chi connectivity index (χ3v) is 14.0. The van der Waals surface area contributed by atoms with Crippen LogP contribution in [0.2, 0.25) is 0 Å². The van der Waals surface area contributed by atoms with Crippen molar-refractivity contribution in [1.29, 1.82) is 0 Å². The van der Waals surface area contributed by atoms with Crippen LogP contribution >= 0.6 is 22.7 Å². The van der Waals surface area contributed by atoms with Gasteiger partial charge < -0.3 is 0 Å². The molecule has 0 atom stereocenters. The van der Waals surface area contributed by atoms with Crippen LogP contribution in [0.3, 0.4) is 0 Å². The van der Waals surface area contributed by atoms with E-state index in [0.29, 0.717) is 5.82 Å². The van der Waals surface area contributed by atoms with Crippen LogP contribution in [0.5, 0.6) is 0 Å². The number of thiophene rings is 2. The molecule has 13 aromatic rings. The first-order chi connectivity index (χ1) is 28.8. The van der Waals surface area contributed by atoms with Crippen molar-refractivity contribution in [3.63, 3.8) is 0 Å². The monoisotopic (exact) mass is 775 g/mol. The molecular weight excluding hydrogens is 747 g/mol. The van der Waals surface area contributed by atoms with E-state index >= 15 is 0 Å². The van der Waals surface area contributed by atoms with Crippen LogP contribution in [0.15, 0.2) is 176 Å². The lowest BCUT2D eigenvalue weighted by Crippen LogP contribution is -2.03. The molecule has 6 heterocycles. The van der Waals surface area contributed by atoms with E-state index in [4.69, 9.17) is 15.0 Å². The van der Waals surface area contributed by atoms with Crippen molar-refractivity contribution in [3.05, 3.63) is 176 Å². The summed E-state index contributed by atoms with van der Waals surface area (Å²) < 4.78 is 9.71. The van der Waals surface area contributed by atoms with Crippen molar-refractivity contribution >= 4 is 107 Å². The molecule has 0 amide bonds. The van der Waals surface area contributed by atoms with Crippen molar-refractivity contribution < 1.29 is 0 Å². The molecular formula is C51H29N5S2. The highest BCUT2D eigenvalue weighted by Gasteiger charge is 2.23. The summed E-state index contributed by atoms with van der Waals surface area (Å²) in [5, 5.41) is 9.74. The van der Waals surface area contributed by atoms with E-state index in [1.54, 1.807) is 11.3 Å². The number of hydrogen-bond acceptors (Lipinski definition) is 5. The molecule has 0 bridgehead atoms. The van der Waals surface area contributed by atoms with Crippen LogP contribution in [0.4, 0.5) is 0 Å². The van der Waals surface area contributed by atoms with Gasteiger partial charge in [-0.1, -0.05) is 115 Å². The lowest BCUT2D eigenvalue weighted by Gasteiger charge is -2.13. The van der Waals surface area contributed by atoms with Crippen LogP contribution in [-0.2, 0) is 0 Å².